The minimum absolute atomic E-state index is 0.0346. The molecule has 2 rings (SSSR count). The van der Waals surface area contributed by atoms with Crippen LogP contribution >= 0.6 is 0 Å². The van der Waals surface area contributed by atoms with Crippen LogP contribution in [0.4, 0.5) is 16.2 Å². The predicted octanol–water partition coefficient (Wildman–Crippen LogP) is 3.71. The molecule has 1 atom stereocenters. The molecule has 0 saturated carbocycles. The number of nitrogens with zero attached hydrogens (tertiary/aromatic N) is 2. The highest BCUT2D eigenvalue weighted by atomic mass is 16.6. The van der Waals surface area contributed by atoms with Crippen LogP contribution in [-0.4, -0.2) is 40.6 Å². The van der Waals surface area contributed by atoms with E-state index in [-0.39, 0.29) is 22.7 Å². The molecule has 0 aliphatic carbocycles. The second kappa shape index (κ2) is 7.07. The van der Waals surface area contributed by atoms with E-state index < -0.39 is 5.60 Å². The molecule has 0 unspecified atom stereocenters. The van der Waals surface area contributed by atoms with Crippen LogP contribution in [-0.2, 0) is 4.74 Å². The Hall–Kier alpha value is -2.31. The first-order chi connectivity index (χ1) is 11.2. The van der Waals surface area contributed by atoms with E-state index in [1.807, 2.05) is 33.8 Å². The largest absolute Gasteiger partial charge is 0.444 e. The molecule has 1 amide bonds. The lowest BCUT2D eigenvalue weighted by Crippen LogP contribution is -2.47. The molecule has 7 nitrogen and oxygen atoms in total. The molecule has 1 aliphatic heterocycles. The van der Waals surface area contributed by atoms with Gasteiger partial charge in [0.15, 0.2) is 0 Å². The van der Waals surface area contributed by atoms with E-state index in [4.69, 9.17) is 4.74 Å². The number of carbonyl (C=O) groups excluding carboxylic acids is 1. The van der Waals surface area contributed by atoms with Gasteiger partial charge in [-0.2, -0.15) is 0 Å². The van der Waals surface area contributed by atoms with Gasteiger partial charge >= 0.3 is 6.09 Å². The molecule has 1 fully saturated rings. The van der Waals surface area contributed by atoms with Crippen molar-refractivity contribution in [2.24, 2.45) is 0 Å². The van der Waals surface area contributed by atoms with Crippen LogP contribution in [0.25, 0.3) is 0 Å². The summed E-state index contributed by atoms with van der Waals surface area (Å²) < 4.78 is 5.40. The molecular formula is C17H25N3O4. The molecular weight excluding hydrogens is 310 g/mol. The number of ether oxygens (including phenoxy) is 1. The summed E-state index contributed by atoms with van der Waals surface area (Å²) in [6.07, 6.45) is 1.34. The number of benzene rings is 1. The van der Waals surface area contributed by atoms with Crippen molar-refractivity contribution >= 4 is 17.5 Å². The summed E-state index contributed by atoms with van der Waals surface area (Å²) in [5.74, 6) is 0. The van der Waals surface area contributed by atoms with Crippen LogP contribution in [0.15, 0.2) is 18.2 Å². The summed E-state index contributed by atoms with van der Waals surface area (Å²) in [4.78, 5) is 24.7. The molecule has 132 valence electrons. The van der Waals surface area contributed by atoms with E-state index in [0.717, 1.165) is 18.4 Å². The van der Waals surface area contributed by atoms with Gasteiger partial charge < -0.3 is 15.0 Å². The number of carbonyl (C=O) groups is 1. The number of aryl methyl sites for hydroxylation is 1. The van der Waals surface area contributed by atoms with Crippen molar-refractivity contribution in [1.82, 2.24) is 4.90 Å². The van der Waals surface area contributed by atoms with Crippen molar-refractivity contribution in [2.75, 3.05) is 18.4 Å². The molecule has 7 heteroatoms. The van der Waals surface area contributed by atoms with Crippen molar-refractivity contribution in [2.45, 2.75) is 52.2 Å². The fourth-order valence-corrected chi connectivity index (χ4v) is 2.72. The molecule has 1 N–H and O–H groups in total. The molecule has 1 saturated heterocycles. The van der Waals surface area contributed by atoms with Crippen molar-refractivity contribution in [1.29, 1.82) is 0 Å². The smallest absolute Gasteiger partial charge is 0.410 e. The van der Waals surface area contributed by atoms with E-state index in [1.54, 1.807) is 17.0 Å². The topological polar surface area (TPSA) is 84.7 Å². The number of hydrogen-bond donors (Lipinski definition) is 1. The fraction of sp³-hybridized carbons (Fsp3) is 0.588. The van der Waals surface area contributed by atoms with Crippen LogP contribution in [0.1, 0.15) is 39.2 Å². The number of nitro groups is 1. The van der Waals surface area contributed by atoms with Crippen molar-refractivity contribution in [3.8, 4) is 0 Å². The Kier molecular flexibility index (Phi) is 5.31. The van der Waals surface area contributed by atoms with Gasteiger partial charge in [0.25, 0.3) is 5.69 Å². The Morgan fingerprint density at radius 2 is 2.12 bits per heavy atom. The van der Waals surface area contributed by atoms with Gasteiger partial charge in [0.05, 0.1) is 4.92 Å². The molecule has 1 heterocycles. The average Bonchev–Trinajstić information content (AvgIpc) is 2.47. The number of anilines is 1. The van der Waals surface area contributed by atoms with Gasteiger partial charge in [0.1, 0.15) is 11.3 Å². The number of nitro benzene ring substituents is 1. The Bertz CT molecular complexity index is 625. The van der Waals surface area contributed by atoms with E-state index in [9.17, 15) is 14.9 Å². The van der Waals surface area contributed by atoms with Gasteiger partial charge in [0.2, 0.25) is 0 Å². The monoisotopic (exact) mass is 335 g/mol. The highest BCUT2D eigenvalue weighted by Gasteiger charge is 2.28. The lowest BCUT2D eigenvalue weighted by molar-refractivity contribution is -0.384. The zero-order chi connectivity index (χ0) is 17.9. The zero-order valence-corrected chi connectivity index (χ0v) is 14.7. The number of piperidine rings is 1. The summed E-state index contributed by atoms with van der Waals surface area (Å²) in [5.41, 5.74) is 0.852. The number of nitrogens with one attached hydrogen (secondary N) is 1. The number of rotatable bonds is 3. The molecule has 0 radical (unpaired) electrons. The first-order valence-electron chi connectivity index (χ1n) is 8.15. The average molecular weight is 335 g/mol. The summed E-state index contributed by atoms with van der Waals surface area (Å²) in [6.45, 7) is 8.44. The Labute approximate surface area is 142 Å². The minimum Gasteiger partial charge on any atom is -0.444 e. The van der Waals surface area contributed by atoms with Crippen LogP contribution < -0.4 is 5.32 Å². The van der Waals surface area contributed by atoms with Crippen molar-refractivity contribution in [3.63, 3.8) is 0 Å². The van der Waals surface area contributed by atoms with E-state index >= 15 is 0 Å². The summed E-state index contributed by atoms with van der Waals surface area (Å²) in [6, 6.07) is 5.08. The van der Waals surface area contributed by atoms with Crippen molar-refractivity contribution in [3.05, 3.63) is 33.9 Å². The third kappa shape index (κ3) is 4.84. The van der Waals surface area contributed by atoms with E-state index in [1.165, 1.54) is 0 Å². The van der Waals surface area contributed by atoms with Crippen LogP contribution in [0, 0.1) is 17.0 Å². The number of hydrogen-bond acceptors (Lipinski definition) is 5. The lowest BCUT2D eigenvalue weighted by Gasteiger charge is -2.34. The number of likely N-dealkylation sites (tertiary alicyclic amines) is 1. The predicted molar refractivity (Wildman–Crippen MR) is 92.3 cm³/mol. The summed E-state index contributed by atoms with van der Waals surface area (Å²) in [7, 11) is 0. The Morgan fingerprint density at radius 3 is 2.75 bits per heavy atom. The summed E-state index contributed by atoms with van der Waals surface area (Å²) in [5, 5.41) is 14.4. The first-order valence-corrected chi connectivity index (χ1v) is 8.15. The first kappa shape index (κ1) is 18.0. The second-order valence-electron chi connectivity index (χ2n) is 7.19. The maximum absolute atomic E-state index is 12.2. The van der Waals surface area contributed by atoms with Crippen LogP contribution in [0.3, 0.4) is 0 Å². The maximum Gasteiger partial charge on any atom is 0.410 e. The van der Waals surface area contributed by atoms with E-state index in [2.05, 4.69) is 5.32 Å². The molecule has 0 aromatic heterocycles. The van der Waals surface area contributed by atoms with Gasteiger partial charge in [-0.05, 0) is 52.2 Å². The molecule has 1 aromatic rings. The molecule has 0 bridgehead atoms. The zero-order valence-electron chi connectivity index (χ0n) is 14.7. The van der Waals surface area contributed by atoms with Gasteiger partial charge in [-0.1, -0.05) is 6.07 Å². The molecule has 0 spiro atoms. The molecule has 1 aromatic carbocycles. The van der Waals surface area contributed by atoms with Gasteiger partial charge in [-0.25, -0.2) is 4.79 Å². The Morgan fingerprint density at radius 1 is 1.42 bits per heavy atom. The Balaban J connectivity index is 2.06. The standard InChI is InChI=1S/C17H25N3O4/c1-12-7-8-14(15(10-12)20(22)23)18-13-6-5-9-19(11-13)16(21)24-17(2,3)4/h7-8,10,13,18H,5-6,9,11H2,1-4H3/t13-/m0/s1. The minimum atomic E-state index is -0.535. The SMILES string of the molecule is Cc1ccc(N[C@H]2CCCN(C(=O)OC(C)(C)C)C2)c([N+](=O)[O-])c1. The van der Waals surface area contributed by atoms with Gasteiger partial charge in [0, 0.05) is 25.2 Å². The van der Waals surface area contributed by atoms with E-state index in [0.29, 0.717) is 18.8 Å². The molecule has 1 aliphatic rings. The van der Waals surface area contributed by atoms with Gasteiger partial charge in [-0.15, -0.1) is 0 Å². The quantitative estimate of drug-likeness (QED) is 0.672. The summed E-state index contributed by atoms with van der Waals surface area (Å²) >= 11 is 0. The fourth-order valence-electron chi connectivity index (χ4n) is 2.72. The third-order valence-corrected chi connectivity index (χ3v) is 3.78. The second-order valence-corrected chi connectivity index (χ2v) is 7.19. The highest BCUT2D eigenvalue weighted by Crippen LogP contribution is 2.27. The third-order valence-electron chi connectivity index (χ3n) is 3.78. The van der Waals surface area contributed by atoms with Gasteiger partial charge in [-0.3, -0.25) is 10.1 Å². The lowest BCUT2D eigenvalue weighted by atomic mass is 10.1. The van der Waals surface area contributed by atoms with Crippen LogP contribution in [0.2, 0.25) is 0 Å². The normalized spacial score (nSPS) is 18.2. The highest BCUT2D eigenvalue weighted by molar-refractivity contribution is 5.69. The maximum atomic E-state index is 12.2. The molecule has 24 heavy (non-hydrogen) atoms. The van der Waals surface area contributed by atoms with Crippen molar-refractivity contribution < 1.29 is 14.5 Å². The number of amides is 1. The van der Waals surface area contributed by atoms with Crippen LogP contribution in [0.5, 0.6) is 0 Å².